The normalized spacial score (nSPS) is 11.7. The molecule has 0 heterocycles. The van der Waals surface area contributed by atoms with Gasteiger partial charge in [-0.1, -0.05) is 26.8 Å². The molecular weight excluding hydrogens is 146 g/mol. The number of aryl methyl sites for hydroxylation is 1. The molecule has 0 aromatic heterocycles. The molecule has 0 saturated carbocycles. The summed E-state index contributed by atoms with van der Waals surface area (Å²) < 4.78 is 0. The predicted molar refractivity (Wildman–Crippen MR) is 54.3 cm³/mol. The SMILES string of the molecule is Cc1ccc(N)cc1C(C)(C)C. The second kappa shape index (κ2) is 2.81. The zero-order valence-electron chi connectivity index (χ0n) is 8.31. The van der Waals surface area contributed by atoms with Gasteiger partial charge in [-0.25, -0.2) is 0 Å². The largest absolute Gasteiger partial charge is 0.399 e. The van der Waals surface area contributed by atoms with E-state index in [9.17, 15) is 0 Å². The quantitative estimate of drug-likeness (QED) is 0.585. The highest BCUT2D eigenvalue weighted by Crippen LogP contribution is 2.26. The molecule has 0 spiro atoms. The van der Waals surface area contributed by atoms with Crippen LogP contribution in [-0.2, 0) is 5.41 Å². The molecule has 0 atom stereocenters. The second-order valence-electron chi connectivity index (χ2n) is 4.32. The van der Waals surface area contributed by atoms with E-state index in [1.54, 1.807) is 0 Å². The Balaban J connectivity index is 3.23. The van der Waals surface area contributed by atoms with Crippen LogP contribution < -0.4 is 5.73 Å². The topological polar surface area (TPSA) is 26.0 Å². The molecular formula is C11H17N. The van der Waals surface area contributed by atoms with E-state index in [1.807, 2.05) is 6.07 Å². The van der Waals surface area contributed by atoms with Crippen LogP contribution in [-0.4, -0.2) is 0 Å². The molecule has 0 aliphatic heterocycles. The van der Waals surface area contributed by atoms with Gasteiger partial charge in [-0.05, 0) is 35.6 Å². The Labute approximate surface area is 74.6 Å². The van der Waals surface area contributed by atoms with Gasteiger partial charge in [-0.15, -0.1) is 0 Å². The van der Waals surface area contributed by atoms with Gasteiger partial charge in [0.2, 0.25) is 0 Å². The van der Waals surface area contributed by atoms with Crippen LogP contribution in [0.3, 0.4) is 0 Å². The zero-order valence-corrected chi connectivity index (χ0v) is 8.31. The molecule has 66 valence electrons. The van der Waals surface area contributed by atoms with Crippen LogP contribution >= 0.6 is 0 Å². The maximum atomic E-state index is 5.72. The monoisotopic (exact) mass is 163 g/mol. The van der Waals surface area contributed by atoms with Gasteiger partial charge in [0.1, 0.15) is 0 Å². The first kappa shape index (κ1) is 9.11. The Morgan fingerprint density at radius 2 is 1.75 bits per heavy atom. The van der Waals surface area contributed by atoms with Crippen molar-refractivity contribution in [2.75, 3.05) is 5.73 Å². The number of hydrogen-bond acceptors (Lipinski definition) is 1. The number of nitrogens with two attached hydrogens (primary N) is 1. The van der Waals surface area contributed by atoms with Crippen LogP contribution in [0.15, 0.2) is 18.2 Å². The van der Waals surface area contributed by atoms with Crippen LogP contribution in [0.1, 0.15) is 31.9 Å². The molecule has 0 aliphatic rings. The van der Waals surface area contributed by atoms with Crippen molar-refractivity contribution in [2.24, 2.45) is 0 Å². The summed E-state index contributed by atoms with van der Waals surface area (Å²) in [4.78, 5) is 0. The maximum absolute atomic E-state index is 5.72. The van der Waals surface area contributed by atoms with Gasteiger partial charge in [-0.2, -0.15) is 0 Å². The Morgan fingerprint density at radius 1 is 1.17 bits per heavy atom. The molecule has 0 radical (unpaired) electrons. The fourth-order valence-corrected chi connectivity index (χ4v) is 1.45. The molecule has 12 heavy (non-hydrogen) atoms. The number of rotatable bonds is 0. The molecule has 1 nitrogen and oxygen atoms in total. The Kier molecular flexibility index (Phi) is 2.14. The van der Waals surface area contributed by atoms with Gasteiger partial charge < -0.3 is 5.73 Å². The molecule has 0 saturated heterocycles. The summed E-state index contributed by atoms with van der Waals surface area (Å²) in [5.41, 5.74) is 9.42. The average molecular weight is 163 g/mol. The summed E-state index contributed by atoms with van der Waals surface area (Å²) in [7, 11) is 0. The van der Waals surface area contributed by atoms with Crippen molar-refractivity contribution >= 4 is 5.69 Å². The summed E-state index contributed by atoms with van der Waals surface area (Å²) in [5, 5.41) is 0. The van der Waals surface area contributed by atoms with Crippen molar-refractivity contribution < 1.29 is 0 Å². The number of anilines is 1. The third kappa shape index (κ3) is 1.79. The van der Waals surface area contributed by atoms with Gasteiger partial charge in [0.15, 0.2) is 0 Å². The van der Waals surface area contributed by atoms with E-state index < -0.39 is 0 Å². The Hall–Kier alpha value is -0.980. The van der Waals surface area contributed by atoms with Gasteiger partial charge in [0.25, 0.3) is 0 Å². The predicted octanol–water partition coefficient (Wildman–Crippen LogP) is 2.87. The lowest BCUT2D eigenvalue weighted by Gasteiger charge is -2.21. The van der Waals surface area contributed by atoms with Crippen LogP contribution in [0.4, 0.5) is 5.69 Å². The minimum Gasteiger partial charge on any atom is -0.399 e. The van der Waals surface area contributed by atoms with Crippen molar-refractivity contribution in [1.29, 1.82) is 0 Å². The van der Waals surface area contributed by atoms with Gasteiger partial charge >= 0.3 is 0 Å². The lowest BCUT2D eigenvalue weighted by Crippen LogP contribution is -2.13. The molecule has 0 amide bonds. The molecule has 0 bridgehead atoms. The fraction of sp³-hybridized carbons (Fsp3) is 0.455. The third-order valence-corrected chi connectivity index (χ3v) is 2.07. The first-order valence-corrected chi connectivity index (χ1v) is 4.28. The molecule has 0 fully saturated rings. The smallest absolute Gasteiger partial charge is 0.0317 e. The van der Waals surface area contributed by atoms with Crippen LogP contribution in [0.2, 0.25) is 0 Å². The summed E-state index contributed by atoms with van der Waals surface area (Å²) in [6.07, 6.45) is 0. The molecule has 1 rings (SSSR count). The van der Waals surface area contributed by atoms with E-state index in [1.165, 1.54) is 11.1 Å². The summed E-state index contributed by atoms with van der Waals surface area (Å²) in [6.45, 7) is 8.73. The van der Waals surface area contributed by atoms with Crippen molar-refractivity contribution in [3.63, 3.8) is 0 Å². The van der Waals surface area contributed by atoms with Crippen molar-refractivity contribution in [1.82, 2.24) is 0 Å². The highest BCUT2D eigenvalue weighted by molar-refractivity contribution is 5.46. The minimum absolute atomic E-state index is 0.194. The Bertz CT molecular complexity index is 282. The Morgan fingerprint density at radius 3 is 2.17 bits per heavy atom. The second-order valence-corrected chi connectivity index (χ2v) is 4.32. The van der Waals surface area contributed by atoms with E-state index in [-0.39, 0.29) is 5.41 Å². The number of hydrogen-bond donors (Lipinski definition) is 1. The van der Waals surface area contributed by atoms with E-state index in [2.05, 4.69) is 39.8 Å². The first-order valence-electron chi connectivity index (χ1n) is 4.28. The van der Waals surface area contributed by atoms with Crippen molar-refractivity contribution in [3.8, 4) is 0 Å². The van der Waals surface area contributed by atoms with Crippen LogP contribution in [0.5, 0.6) is 0 Å². The third-order valence-electron chi connectivity index (χ3n) is 2.07. The van der Waals surface area contributed by atoms with Gasteiger partial charge in [0.05, 0.1) is 0 Å². The van der Waals surface area contributed by atoms with Crippen molar-refractivity contribution in [3.05, 3.63) is 29.3 Å². The van der Waals surface area contributed by atoms with Gasteiger partial charge in [0, 0.05) is 5.69 Å². The molecule has 0 unspecified atom stereocenters. The highest BCUT2D eigenvalue weighted by Gasteiger charge is 2.15. The first-order chi connectivity index (χ1) is 5.41. The molecule has 1 aromatic carbocycles. The molecule has 1 aromatic rings. The van der Waals surface area contributed by atoms with E-state index >= 15 is 0 Å². The highest BCUT2D eigenvalue weighted by atomic mass is 14.5. The summed E-state index contributed by atoms with van der Waals surface area (Å²) in [5.74, 6) is 0. The standard InChI is InChI=1S/C11H17N/c1-8-5-6-9(12)7-10(8)11(2,3)4/h5-7H,12H2,1-4H3. The molecule has 1 heteroatoms. The average Bonchev–Trinajstić information content (AvgIpc) is 1.92. The van der Waals surface area contributed by atoms with E-state index in [0.717, 1.165) is 5.69 Å². The summed E-state index contributed by atoms with van der Waals surface area (Å²) >= 11 is 0. The lowest BCUT2D eigenvalue weighted by atomic mass is 9.84. The molecule has 2 N–H and O–H groups in total. The molecule has 0 aliphatic carbocycles. The number of benzene rings is 1. The number of nitrogen functional groups attached to an aromatic ring is 1. The fourth-order valence-electron chi connectivity index (χ4n) is 1.45. The van der Waals surface area contributed by atoms with Crippen LogP contribution in [0.25, 0.3) is 0 Å². The van der Waals surface area contributed by atoms with Crippen molar-refractivity contribution in [2.45, 2.75) is 33.1 Å². The lowest BCUT2D eigenvalue weighted by molar-refractivity contribution is 0.586. The van der Waals surface area contributed by atoms with E-state index in [4.69, 9.17) is 5.73 Å². The van der Waals surface area contributed by atoms with Crippen LogP contribution in [0, 0.1) is 6.92 Å². The van der Waals surface area contributed by atoms with E-state index in [0.29, 0.717) is 0 Å². The minimum atomic E-state index is 0.194. The summed E-state index contributed by atoms with van der Waals surface area (Å²) in [6, 6.07) is 6.09. The maximum Gasteiger partial charge on any atom is 0.0317 e. The zero-order chi connectivity index (χ0) is 9.35. The van der Waals surface area contributed by atoms with Gasteiger partial charge in [-0.3, -0.25) is 0 Å².